The first kappa shape index (κ1) is 18.3. The fourth-order valence-electron chi connectivity index (χ4n) is 2.60. The van der Waals surface area contributed by atoms with E-state index in [1.807, 2.05) is 12.1 Å². The highest BCUT2D eigenvalue weighted by Crippen LogP contribution is 2.25. The summed E-state index contributed by atoms with van der Waals surface area (Å²) >= 11 is 3.38. The van der Waals surface area contributed by atoms with Crippen LogP contribution in [0.2, 0.25) is 0 Å². The molecule has 0 saturated heterocycles. The van der Waals surface area contributed by atoms with E-state index < -0.39 is 6.55 Å². The molecule has 3 aromatic rings. The Morgan fingerprint density at radius 2 is 2.04 bits per heavy atom. The molecule has 0 N–H and O–H groups in total. The van der Waals surface area contributed by atoms with E-state index in [1.165, 1.54) is 0 Å². The average molecular weight is 424 g/mol. The fourth-order valence-corrected chi connectivity index (χ4v) is 3.01. The van der Waals surface area contributed by atoms with Gasteiger partial charge < -0.3 is 9.57 Å². The monoisotopic (exact) mass is 423 g/mol. The lowest BCUT2D eigenvalue weighted by Gasteiger charge is -2.09. The molecular formula is C18H16BrF2N3O2. The highest BCUT2D eigenvalue weighted by molar-refractivity contribution is 9.10. The number of nitrogens with zero attached hydrogens (tertiary/aromatic N) is 3. The van der Waals surface area contributed by atoms with Gasteiger partial charge in [-0.25, -0.2) is 4.98 Å². The summed E-state index contributed by atoms with van der Waals surface area (Å²) in [5.41, 5.74) is 1.86. The van der Waals surface area contributed by atoms with Gasteiger partial charge in [0.1, 0.15) is 18.1 Å². The van der Waals surface area contributed by atoms with Crippen LogP contribution >= 0.6 is 15.9 Å². The summed E-state index contributed by atoms with van der Waals surface area (Å²) in [5.74, 6) is 0.725. The summed E-state index contributed by atoms with van der Waals surface area (Å²) in [6, 6.07) is 12.2. The topological polar surface area (TPSA) is 48.6 Å². The minimum absolute atomic E-state index is 0.0717. The number of ether oxygens (including phenoxy) is 1. The van der Waals surface area contributed by atoms with Gasteiger partial charge >= 0.3 is 6.55 Å². The number of hydrogen-bond donors (Lipinski definition) is 0. The molecule has 0 aliphatic rings. The van der Waals surface area contributed by atoms with Crippen molar-refractivity contribution in [3.8, 4) is 5.75 Å². The summed E-state index contributed by atoms with van der Waals surface area (Å²) in [7, 11) is 1.56. The lowest BCUT2D eigenvalue weighted by atomic mass is 10.2. The second kappa shape index (κ2) is 7.82. The Labute approximate surface area is 157 Å². The Bertz CT molecular complexity index is 957. The molecule has 0 amide bonds. The van der Waals surface area contributed by atoms with E-state index in [1.54, 1.807) is 44.4 Å². The summed E-state index contributed by atoms with van der Waals surface area (Å²) in [5, 5.41) is 3.96. The predicted molar refractivity (Wildman–Crippen MR) is 98.7 cm³/mol. The van der Waals surface area contributed by atoms with Crippen molar-refractivity contribution in [2.24, 2.45) is 5.16 Å². The largest absolute Gasteiger partial charge is 0.496 e. The van der Waals surface area contributed by atoms with Gasteiger partial charge in [0.05, 0.1) is 18.1 Å². The van der Waals surface area contributed by atoms with Crippen molar-refractivity contribution in [1.29, 1.82) is 0 Å². The van der Waals surface area contributed by atoms with Crippen LogP contribution < -0.4 is 4.74 Å². The van der Waals surface area contributed by atoms with Crippen LogP contribution in [0.5, 0.6) is 5.75 Å². The van der Waals surface area contributed by atoms with Gasteiger partial charge in [-0.2, -0.15) is 8.78 Å². The maximum absolute atomic E-state index is 13.5. The molecule has 3 rings (SSSR count). The number of oxime groups is 1. The number of alkyl halides is 2. The number of methoxy groups -OCH3 is 1. The standard InChI is InChI=1S/C18H16BrF2N3O2/c1-11(23-26-10-12-9-13(19)7-8-16(12)25-2)17-22-14-5-3-4-6-15(14)24(17)18(20)21/h3-9,18H,10H2,1-2H3/b23-11-. The van der Waals surface area contributed by atoms with Crippen LogP contribution in [0.4, 0.5) is 8.78 Å². The number of imidazole rings is 1. The summed E-state index contributed by atoms with van der Waals surface area (Å²) < 4.78 is 34.0. The molecule has 1 aromatic heterocycles. The lowest BCUT2D eigenvalue weighted by molar-refractivity contribution is 0.0736. The molecule has 0 radical (unpaired) electrons. The van der Waals surface area contributed by atoms with Crippen molar-refractivity contribution >= 4 is 32.7 Å². The van der Waals surface area contributed by atoms with Crippen molar-refractivity contribution in [1.82, 2.24) is 9.55 Å². The lowest BCUT2D eigenvalue weighted by Crippen LogP contribution is -2.10. The van der Waals surface area contributed by atoms with Crippen molar-refractivity contribution < 1.29 is 18.4 Å². The maximum atomic E-state index is 13.5. The molecule has 0 spiro atoms. The van der Waals surface area contributed by atoms with Gasteiger partial charge in [0.15, 0.2) is 5.82 Å². The van der Waals surface area contributed by atoms with Crippen molar-refractivity contribution in [2.45, 2.75) is 20.1 Å². The molecule has 0 saturated carbocycles. The Balaban J connectivity index is 1.86. The highest BCUT2D eigenvalue weighted by atomic mass is 79.9. The molecular weight excluding hydrogens is 408 g/mol. The molecule has 136 valence electrons. The van der Waals surface area contributed by atoms with Crippen molar-refractivity contribution in [3.63, 3.8) is 0 Å². The van der Waals surface area contributed by atoms with Gasteiger partial charge in [-0.1, -0.05) is 33.2 Å². The Kier molecular flexibility index (Phi) is 5.51. The molecule has 0 unspecified atom stereocenters. The van der Waals surface area contributed by atoms with Gasteiger partial charge in [0.25, 0.3) is 0 Å². The molecule has 0 bridgehead atoms. The van der Waals surface area contributed by atoms with Gasteiger partial charge in [0.2, 0.25) is 0 Å². The SMILES string of the molecule is COc1ccc(Br)cc1CO/N=C(/C)c1nc2ccccc2n1C(F)F. The molecule has 8 heteroatoms. The molecule has 2 aromatic carbocycles. The van der Waals surface area contributed by atoms with Gasteiger partial charge in [0, 0.05) is 10.0 Å². The summed E-state index contributed by atoms with van der Waals surface area (Å²) in [6.45, 7) is -1.01. The molecule has 0 atom stereocenters. The zero-order valence-corrected chi connectivity index (χ0v) is 15.7. The minimum atomic E-state index is -2.73. The van der Waals surface area contributed by atoms with Crippen LogP contribution in [0, 0.1) is 0 Å². The second-order valence-corrected chi connectivity index (χ2v) is 6.39. The molecule has 0 aliphatic carbocycles. The minimum Gasteiger partial charge on any atom is -0.496 e. The van der Waals surface area contributed by atoms with Crippen LogP contribution in [0.1, 0.15) is 24.9 Å². The van der Waals surface area contributed by atoms with E-state index in [9.17, 15) is 8.78 Å². The smallest absolute Gasteiger partial charge is 0.320 e. The first-order chi connectivity index (χ1) is 12.5. The normalized spacial score (nSPS) is 12.0. The molecule has 1 heterocycles. The molecule has 26 heavy (non-hydrogen) atoms. The van der Waals surface area contributed by atoms with Crippen LogP contribution in [-0.4, -0.2) is 22.4 Å². The Morgan fingerprint density at radius 3 is 2.77 bits per heavy atom. The maximum Gasteiger partial charge on any atom is 0.320 e. The Morgan fingerprint density at radius 1 is 1.27 bits per heavy atom. The van der Waals surface area contributed by atoms with Crippen molar-refractivity contribution in [3.05, 3.63) is 58.3 Å². The van der Waals surface area contributed by atoms with E-state index in [4.69, 9.17) is 9.57 Å². The number of benzene rings is 2. The molecule has 5 nitrogen and oxygen atoms in total. The summed E-state index contributed by atoms with van der Waals surface area (Å²) in [4.78, 5) is 9.60. The first-order valence-electron chi connectivity index (χ1n) is 7.75. The number of hydrogen-bond acceptors (Lipinski definition) is 4. The Hall–Kier alpha value is -2.48. The molecule has 0 aliphatic heterocycles. The van der Waals surface area contributed by atoms with Gasteiger partial charge in [-0.15, -0.1) is 0 Å². The van der Waals surface area contributed by atoms with E-state index in [2.05, 4.69) is 26.1 Å². The number of para-hydroxylation sites is 2. The first-order valence-corrected chi connectivity index (χ1v) is 8.55. The zero-order valence-electron chi connectivity index (χ0n) is 14.1. The van der Waals surface area contributed by atoms with Crippen LogP contribution in [0.3, 0.4) is 0 Å². The van der Waals surface area contributed by atoms with Crippen molar-refractivity contribution in [2.75, 3.05) is 7.11 Å². The third kappa shape index (κ3) is 3.70. The van der Waals surface area contributed by atoms with E-state index in [-0.39, 0.29) is 18.1 Å². The highest BCUT2D eigenvalue weighted by Gasteiger charge is 2.19. The van der Waals surface area contributed by atoms with Crippen LogP contribution in [0.15, 0.2) is 52.1 Å². The average Bonchev–Trinajstić information content (AvgIpc) is 3.01. The fraction of sp³-hybridized carbons (Fsp3) is 0.222. The molecule has 0 fully saturated rings. The van der Waals surface area contributed by atoms with Gasteiger partial charge in [-0.05, 0) is 37.3 Å². The number of rotatable bonds is 6. The van der Waals surface area contributed by atoms with Gasteiger partial charge in [-0.3, -0.25) is 4.57 Å². The third-order valence-corrected chi connectivity index (χ3v) is 4.27. The predicted octanol–water partition coefficient (Wildman–Crippen LogP) is 5.14. The number of aromatic nitrogens is 2. The third-order valence-electron chi connectivity index (χ3n) is 3.78. The summed E-state index contributed by atoms with van der Waals surface area (Å²) in [6.07, 6.45) is 0. The van der Waals surface area contributed by atoms with E-state index >= 15 is 0 Å². The quantitative estimate of drug-likeness (QED) is 0.407. The zero-order chi connectivity index (χ0) is 18.7. The number of fused-ring (bicyclic) bond motifs is 1. The van der Waals surface area contributed by atoms with E-state index in [0.717, 1.165) is 14.6 Å². The van der Waals surface area contributed by atoms with Crippen LogP contribution in [0.25, 0.3) is 11.0 Å². The second-order valence-electron chi connectivity index (χ2n) is 5.48. The van der Waals surface area contributed by atoms with E-state index in [0.29, 0.717) is 16.8 Å². The van der Waals surface area contributed by atoms with Crippen LogP contribution in [-0.2, 0) is 11.4 Å². The number of halogens is 3.